The maximum Gasteiger partial charge on any atom is 0.352 e. The molecule has 1 aromatic heterocycles. The van der Waals surface area contributed by atoms with Crippen molar-refractivity contribution in [1.29, 1.82) is 0 Å². The predicted molar refractivity (Wildman–Crippen MR) is 70.7 cm³/mol. The average Bonchev–Trinajstić information content (AvgIpc) is 2.73. The van der Waals surface area contributed by atoms with Gasteiger partial charge in [-0.3, -0.25) is 0 Å². The second-order valence-corrected chi connectivity index (χ2v) is 6.24. The van der Waals surface area contributed by atoms with Crippen LogP contribution in [0.15, 0.2) is 12.3 Å². The lowest BCUT2D eigenvalue weighted by atomic mass is 9.89. The van der Waals surface area contributed by atoms with E-state index in [2.05, 4.69) is 29.5 Å². The Hall–Kier alpha value is -0.520. The van der Waals surface area contributed by atoms with E-state index in [1.165, 1.54) is 25.7 Å². The average molecular weight is 333 g/mol. The molecule has 0 radical (unpaired) electrons. The summed E-state index contributed by atoms with van der Waals surface area (Å²) in [5.41, 5.74) is 0.698. The van der Waals surface area contributed by atoms with Crippen molar-refractivity contribution < 1.29 is 9.90 Å². The van der Waals surface area contributed by atoms with Crippen LogP contribution in [-0.2, 0) is 6.54 Å². The van der Waals surface area contributed by atoms with Gasteiger partial charge in [0.1, 0.15) is 5.69 Å². The molecule has 0 amide bonds. The molecule has 1 aliphatic carbocycles. The molecule has 1 aromatic rings. The highest BCUT2D eigenvalue weighted by Gasteiger charge is 2.30. The van der Waals surface area contributed by atoms with Crippen LogP contribution >= 0.6 is 22.6 Å². The Morgan fingerprint density at radius 2 is 2.19 bits per heavy atom. The van der Waals surface area contributed by atoms with Crippen LogP contribution < -0.4 is 0 Å². The number of aromatic carboxylic acids is 1. The third-order valence-corrected chi connectivity index (χ3v) is 4.03. The molecule has 0 aromatic carbocycles. The molecule has 1 fully saturated rings. The molecule has 1 N–H and O–H groups in total. The molecule has 1 aliphatic rings. The Labute approximate surface area is 109 Å². The minimum absolute atomic E-state index is 0.284. The van der Waals surface area contributed by atoms with Crippen molar-refractivity contribution in [3.63, 3.8) is 0 Å². The standard InChI is InChI=1S/C12H16INO2/c1-12(4-2-3-5-12)8-14-7-9(13)6-10(14)11(15)16/h6-7H,2-5,8H2,1H3,(H,15,16). The molecule has 3 nitrogen and oxygen atoms in total. The van der Waals surface area contributed by atoms with Gasteiger partial charge >= 0.3 is 5.97 Å². The van der Waals surface area contributed by atoms with E-state index < -0.39 is 5.97 Å². The quantitative estimate of drug-likeness (QED) is 0.862. The number of rotatable bonds is 3. The first-order valence-electron chi connectivity index (χ1n) is 5.59. The van der Waals surface area contributed by atoms with Gasteiger partial charge < -0.3 is 9.67 Å². The SMILES string of the molecule is CC1(Cn2cc(I)cc2C(=O)O)CCCC1. The van der Waals surface area contributed by atoms with Gasteiger partial charge in [0.2, 0.25) is 0 Å². The van der Waals surface area contributed by atoms with Crippen LogP contribution in [0.3, 0.4) is 0 Å². The van der Waals surface area contributed by atoms with Gasteiger partial charge in [-0.25, -0.2) is 4.79 Å². The first kappa shape index (κ1) is 12.0. The third kappa shape index (κ3) is 2.42. The molecule has 16 heavy (non-hydrogen) atoms. The Kier molecular flexibility index (Phi) is 3.28. The molecule has 88 valence electrons. The van der Waals surface area contributed by atoms with Crippen LogP contribution in [0.1, 0.15) is 43.1 Å². The van der Waals surface area contributed by atoms with E-state index in [0.717, 1.165) is 10.1 Å². The number of carbonyl (C=O) groups is 1. The highest BCUT2D eigenvalue weighted by Crippen LogP contribution is 2.39. The smallest absolute Gasteiger partial charge is 0.352 e. The zero-order chi connectivity index (χ0) is 11.8. The summed E-state index contributed by atoms with van der Waals surface area (Å²) in [5.74, 6) is -0.829. The van der Waals surface area contributed by atoms with Gasteiger partial charge in [-0.15, -0.1) is 0 Å². The number of nitrogens with zero attached hydrogens (tertiary/aromatic N) is 1. The van der Waals surface area contributed by atoms with E-state index in [0.29, 0.717) is 5.69 Å². The summed E-state index contributed by atoms with van der Waals surface area (Å²) in [7, 11) is 0. The van der Waals surface area contributed by atoms with Crippen LogP contribution in [0.25, 0.3) is 0 Å². The summed E-state index contributed by atoms with van der Waals surface area (Å²) in [4.78, 5) is 11.1. The molecule has 1 saturated carbocycles. The van der Waals surface area contributed by atoms with E-state index in [1.807, 2.05) is 10.8 Å². The molecule has 0 atom stereocenters. The normalized spacial score (nSPS) is 18.9. The summed E-state index contributed by atoms with van der Waals surface area (Å²) in [6.45, 7) is 3.09. The highest BCUT2D eigenvalue weighted by molar-refractivity contribution is 14.1. The van der Waals surface area contributed by atoms with Crippen molar-refractivity contribution in [1.82, 2.24) is 4.57 Å². The van der Waals surface area contributed by atoms with Gasteiger partial charge in [0.15, 0.2) is 0 Å². The van der Waals surface area contributed by atoms with Crippen LogP contribution in [0.4, 0.5) is 0 Å². The summed E-state index contributed by atoms with van der Waals surface area (Å²) in [6, 6.07) is 1.74. The first-order chi connectivity index (χ1) is 7.50. The molecule has 1 heterocycles. The molecule has 0 aliphatic heterocycles. The van der Waals surface area contributed by atoms with E-state index in [4.69, 9.17) is 5.11 Å². The van der Waals surface area contributed by atoms with E-state index in [-0.39, 0.29) is 5.41 Å². The molecule has 0 bridgehead atoms. The van der Waals surface area contributed by atoms with Crippen molar-refractivity contribution in [3.05, 3.63) is 21.5 Å². The number of hydrogen-bond donors (Lipinski definition) is 1. The van der Waals surface area contributed by atoms with Crippen molar-refractivity contribution in [2.45, 2.75) is 39.2 Å². The van der Waals surface area contributed by atoms with E-state index in [1.54, 1.807) is 6.07 Å². The van der Waals surface area contributed by atoms with Crippen molar-refractivity contribution in [2.75, 3.05) is 0 Å². The Morgan fingerprint density at radius 1 is 1.56 bits per heavy atom. The van der Waals surface area contributed by atoms with Crippen LogP contribution in [0.5, 0.6) is 0 Å². The monoisotopic (exact) mass is 333 g/mol. The number of carboxylic acids is 1. The lowest BCUT2D eigenvalue weighted by molar-refractivity contribution is 0.0682. The Morgan fingerprint density at radius 3 is 2.75 bits per heavy atom. The largest absolute Gasteiger partial charge is 0.477 e. The minimum atomic E-state index is -0.829. The van der Waals surface area contributed by atoms with E-state index in [9.17, 15) is 4.79 Å². The summed E-state index contributed by atoms with van der Waals surface area (Å²) in [6.07, 6.45) is 6.91. The second kappa shape index (κ2) is 4.39. The number of hydrogen-bond acceptors (Lipinski definition) is 1. The lowest BCUT2D eigenvalue weighted by Crippen LogP contribution is -2.21. The topological polar surface area (TPSA) is 42.2 Å². The predicted octanol–water partition coefficient (Wildman–Crippen LogP) is 3.37. The zero-order valence-corrected chi connectivity index (χ0v) is 11.5. The number of carboxylic acid groups (broad SMARTS) is 1. The molecular formula is C12H16INO2. The molecule has 0 saturated heterocycles. The van der Waals surface area contributed by atoms with Crippen molar-refractivity contribution in [3.8, 4) is 0 Å². The van der Waals surface area contributed by atoms with E-state index >= 15 is 0 Å². The molecule has 4 heteroatoms. The van der Waals surface area contributed by atoms with Gasteiger partial charge in [-0.2, -0.15) is 0 Å². The third-order valence-electron chi connectivity index (χ3n) is 3.45. The van der Waals surface area contributed by atoms with Gasteiger partial charge in [0, 0.05) is 16.3 Å². The summed E-state index contributed by atoms with van der Waals surface area (Å²) >= 11 is 2.17. The van der Waals surface area contributed by atoms with Gasteiger partial charge in [0.25, 0.3) is 0 Å². The fraction of sp³-hybridized carbons (Fsp3) is 0.583. The first-order valence-corrected chi connectivity index (χ1v) is 6.67. The summed E-state index contributed by atoms with van der Waals surface area (Å²) in [5, 5.41) is 9.11. The Bertz CT molecular complexity index is 405. The minimum Gasteiger partial charge on any atom is -0.477 e. The van der Waals surface area contributed by atoms with Crippen molar-refractivity contribution in [2.24, 2.45) is 5.41 Å². The lowest BCUT2D eigenvalue weighted by Gasteiger charge is -2.24. The van der Waals surface area contributed by atoms with Crippen LogP contribution in [0.2, 0.25) is 0 Å². The maximum atomic E-state index is 11.1. The molecule has 0 spiro atoms. The molecule has 0 unspecified atom stereocenters. The van der Waals surface area contributed by atoms with Crippen LogP contribution in [0, 0.1) is 8.99 Å². The fourth-order valence-corrected chi connectivity index (χ4v) is 3.21. The maximum absolute atomic E-state index is 11.1. The fourth-order valence-electron chi connectivity index (χ4n) is 2.58. The Balaban J connectivity index is 2.23. The number of aromatic nitrogens is 1. The zero-order valence-electron chi connectivity index (χ0n) is 9.37. The number of halogens is 1. The van der Waals surface area contributed by atoms with Crippen molar-refractivity contribution >= 4 is 28.6 Å². The highest BCUT2D eigenvalue weighted by atomic mass is 127. The second-order valence-electron chi connectivity index (χ2n) is 4.99. The van der Waals surface area contributed by atoms with Crippen LogP contribution in [-0.4, -0.2) is 15.6 Å². The molecular weight excluding hydrogens is 317 g/mol. The van der Waals surface area contributed by atoms with Gasteiger partial charge in [-0.05, 0) is 46.9 Å². The van der Waals surface area contributed by atoms with Gasteiger partial charge in [0.05, 0.1) is 0 Å². The van der Waals surface area contributed by atoms with Gasteiger partial charge in [-0.1, -0.05) is 19.8 Å². The molecule has 2 rings (SSSR count). The summed E-state index contributed by atoms with van der Waals surface area (Å²) < 4.78 is 2.90.